The van der Waals surface area contributed by atoms with Gasteiger partial charge in [-0.2, -0.15) is 0 Å². The fourth-order valence-electron chi connectivity index (χ4n) is 4.83. The Morgan fingerprint density at radius 2 is 1.23 bits per heavy atom. The molecule has 1 saturated heterocycles. The number of carboxylic acid groups (broad SMARTS) is 4. The number of carbonyl (C=O) groups excluding carboxylic acids is 2. The van der Waals surface area contributed by atoms with Gasteiger partial charge in [-0.3, -0.25) is 43.5 Å². The van der Waals surface area contributed by atoms with E-state index in [4.69, 9.17) is 0 Å². The van der Waals surface area contributed by atoms with Crippen LogP contribution < -0.4 is 5.32 Å². The van der Waals surface area contributed by atoms with Crippen LogP contribution in [0.4, 0.5) is 0 Å². The van der Waals surface area contributed by atoms with Gasteiger partial charge in [-0.25, -0.2) is 0 Å². The molecule has 5 N–H and O–H groups in total. The molecule has 2 amide bonds. The maximum absolute atomic E-state index is 12.8. The molecule has 39 heavy (non-hydrogen) atoms. The Bertz CT molecular complexity index is 835. The highest BCUT2D eigenvalue weighted by Crippen LogP contribution is 2.27. The van der Waals surface area contributed by atoms with E-state index < -0.39 is 61.5 Å². The third-order valence-electron chi connectivity index (χ3n) is 6.40. The lowest BCUT2D eigenvalue weighted by Gasteiger charge is -2.45. The molecule has 1 rings (SSSR count). The molecular formula is C24H41N5O10. The Labute approximate surface area is 227 Å². The number of aliphatic carboxylic acids is 4. The third-order valence-corrected chi connectivity index (χ3v) is 6.40. The molecule has 1 heterocycles. The van der Waals surface area contributed by atoms with Crippen molar-refractivity contribution in [1.82, 2.24) is 24.9 Å². The molecule has 0 aromatic carbocycles. The van der Waals surface area contributed by atoms with Crippen molar-refractivity contribution in [3.8, 4) is 0 Å². The Morgan fingerprint density at radius 3 is 1.62 bits per heavy atom. The first-order valence-corrected chi connectivity index (χ1v) is 12.9. The highest BCUT2D eigenvalue weighted by Gasteiger charge is 2.44. The Hall–Kier alpha value is -3.30. The quantitative estimate of drug-likeness (QED) is 0.130. The second-order valence-corrected chi connectivity index (χ2v) is 9.73. The number of nitrogens with one attached hydrogen (secondary N) is 1. The summed E-state index contributed by atoms with van der Waals surface area (Å²) in [5, 5.41) is 40.4. The number of hydrogen-bond donors (Lipinski definition) is 5. The van der Waals surface area contributed by atoms with Gasteiger partial charge in [0.05, 0.1) is 32.7 Å². The SMILES string of the molecule is CCCN(CCC)C(=O)CNC(=O)CCC1(N(CC(=O)O)CC(=O)O)CN(CC(=O)O)CCN(CC(=O)O)C1. The van der Waals surface area contributed by atoms with Crippen molar-refractivity contribution >= 4 is 35.7 Å². The van der Waals surface area contributed by atoms with E-state index in [-0.39, 0.29) is 51.5 Å². The summed E-state index contributed by atoms with van der Waals surface area (Å²) in [5.41, 5.74) is -1.39. The summed E-state index contributed by atoms with van der Waals surface area (Å²) in [6, 6.07) is 0. The zero-order valence-electron chi connectivity index (χ0n) is 22.6. The second-order valence-electron chi connectivity index (χ2n) is 9.73. The second kappa shape index (κ2) is 16.6. The summed E-state index contributed by atoms with van der Waals surface area (Å²) in [5.74, 6) is -5.79. The molecule has 0 aliphatic carbocycles. The molecule has 1 aliphatic heterocycles. The first-order valence-electron chi connectivity index (χ1n) is 12.9. The van der Waals surface area contributed by atoms with Gasteiger partial charge in [-0.05, 0) is 19.3 Å². The largest absolute Gasteiger partial charge is 0.480 e. The number of carboxylic acids is 4. The van der Waals surface area contributed by atoms with E-state index in [1.165, 1.54) is 9.80 Å². The van der Waals surface area contributed by atoms with Crippen molar-refractivity contribution in [2.75, 3.05) is 72.0 Å². The summed E-state index contributed by atoms with van der Waals surface area (Å²) in [6.45, 7) is 2.44. The maximum atomic E-state index is 12.8. The summed E-state index contributed by atoms with van der Waals surface area (Å²) in [7, 11) is 0. The van der Waals surface area contributed by atoms with Crippen LogP contribution in [0.1, 0.15) is 39.5 Å². The van der Waals surface area contributed by atoms with E-state index in [1.807, 2.05) is 13.8 Å². The Kier molecular flexibility index (Phi) is 14.4. The maximum Gasteiger partial charge on any atom is 0.317 e. The molecule has 0 aromatic rings. The summed E-state index contributed by atoms with van der Waals surface area (Å²) < 4.78 is 0. The Balaban J connectivity index is 3.26. The van der Waals surface area contributed by atoms with Crippen LogP contribution in [-0.4, -0.2) is 153 Å². The minimum Gasteiger partial charge on any atom is -0.480 e. The number of hydrogen-bond acceptors (Lipinski definition) is 9. The van der Waals surface area contributed by atoms with Crippen molar-refractivity contribution in [1.29, 1.82) is 0 Å². The average Bonchev–Trinajstić information content (AvgIpc) is 2.99. The lowest BCUT2D eigenvalue weighted by atomic mass is 9.89. The molecule has 0 bridgehead atoms. The molecule has 0 aromatic heterocycles. The first-order chi connectivity index (χ1) is 18.3. The molecule has 0 spiro atoms. The van der Waals surface area contributed by atoms with E-state index in [0.29, 0.717) is 13.1 Å². The van der Waals surface area contributed by atoms with Crippen molar-refractivity contribution in [2.45, 2.75) is 45.1 Å². The third kappa shape index (κ3) is 12.4. The van der Waals surface area contributed by atoms with Crippen LogP contribution in [0, 0.1) is 0 Å². The molecule has 0 saturated carbocycles. The highest BCUT2D eigenvalue weighted by atomic mass is 16.4. The number of nitrogens with zero attached hydrogens (tertiary/aromatic N) is 4. The zero-order chi connectivity index (χ0) is 29.6. The molecule has 15 heteroatoms. The normalized spacial score (nSPS) is 15.9. The van der Waals surface area contributed by atoms with Gasteiger partial charge in [0.25, 0.3) is 0 Å². The Morgan fingerprint density at radius 1 is 0.769 bits per heavy atom. The zero-order valence-corrected chi connectivity index (χ0v) is 22.6. The van der Waals surface area contributed by atoms with Crippen LogP contribution in [0.15, 0.2) is 0 Å². The minimum absolute atomic E-state index is 0.104. The monoisotopic (exact) mass is 559 g/mol. The standard InChI is InChI=1S/C24H41N5O10/c1-3-7-28(8-4-2)19(31)11-25-18(30)5-6-24(29(14-22(36)37)15-23(38)39)16-26(12-20(32)33)9-10-27(17-24)13-21(34)35/h3-17H2,1-2H3,(H,25,30)(H,32,33)(H,34,35)(H,36,37)(H,38,39). The molecule has 222 valence electrons. The number of rotatable bonds is 18. The molecule has 15 nitrogen and oxygen atoms in total. The van der Waals surface area contributed by atoms with Crippen molar-refractivity contribution in [2.24, 2.45) is 0 Å². The summed E-state index contributed by atoms with van der Waals surface area (Å²) in [6.07, 6.45) is 1.18. The van der Waals surface area contributed by atoms with Crippen molar-refractivity contribution in [3.05, 3.63) is 0 Å². The lowest BCUT2D eigenvalue weighted by molar-refractivity contribution is -0.148. The van der Waals surface area contributed by atoms with Gasteiger partial charge in [0.2, 0.25) is 11.8 Å². The summed E-state index contributed by atoms with van der Waals surface area (Å²) >= 11 is 0. The molecular weight excluding hydrogens is 518 g/mol. The lowest BCUT2D eigenvalue weighted by Crippen LogP contribution is -2.62. The topological polar surface area (TPSA) is 208 Å². The van der Waals surface area contributed by atoms with Crippen LogP contribution in [-0.2, 0) is 28.8 Å². The molecule has 1 aliphatic rings. The van der Waals surface area contributed by atoms with Gasteiger partial charge >= 0.3 is 23.9 Å². The number of amides is 2. The van der Waals surface area contributed by atoms with Gasteiger partial charge in [-0.15, -0.1) is 0 Å². The van der Waals surface area contributed by atoms with Crippen molar-refractivity contribution < 1.29 is 49.2 Å². The highest BCUT2D eigenvalue weighted by molar-refractivity contribution is 5.84. The van der Waals surface area contributed by atoms with Gasteiger partial charge in [-0.1, -0.05) is 13.8 Å². The predicted molar refractivity (Wildman–Crippen MR) is 137 cm³/mol. The minimum atomic E-state index is -1.39. The van der Waals surface area contributed by atoms with E-state index >= 15 is 0 Å². The fraction of sp³-hybridized carbons (Fsp3) is 0.750. The molecule has 0 unspecified atom stereocenters. The van der Waals surface area contributed by atoms with Gasteiger partial charge in [0.15, 0.2) is 0 Å². The smallest absolute Gasteiger partial charge is 0.317 e. The van der Waals surface area contributed by atoms with E-state index in [2.05, 4.69) is 5.32 Å². The van der Waals surface area contributed by atoms with Crippen molar-refractivity contribution in [3.63, 3.8) is 0 Å². The van der Waals surface area contributed by atoms with Gasteiger partial charge < -0.3 is 30.6 Å². The van der Waals surface area contributed by atoms with E-state index in [9.17, 15) is 49.2 Å². The predicted octanol–water partition coefficient (Wildman–Crippen LogP) is -1.47. The van der Waals surface area contributed by atoms with Crippen LogP contribution in [0.25, 0.3) is 0 Å². The van der Waals surface area contributed by atoms with Crippen LogP contribution in [0.3, 0.4) is 0 Å². The van der Waals surface area contributed by atoms with E-state index in [1.54, 1.807) is 4.90 Å². The van der Waals surface area contributed by atoms with Crippen LogP contribution in [0.2, 0.25) is 0 Å². The fourth-order valence-corrected chi connectivity index (χ4v) is 4.83. The average molecular weight is 560 g/mol. The van der Waals surface area contributed by atoms with Crippen LogP contribution >= 0.6 is 0 Å². The number of carbonyl (C=O) groups is 6. The van der Waals surface area contributed by atoms with Gasteiger partial charge in [0.1, 0.15) is 0 Å². The van der Waals surface area contributed by atoms with E-state index in [0.717, 1.165) is 17.7 Å². The van der Waals surface area contributed by atoms with Gasteiger partial charge in [0, 0.05) is 51.2 Å². The molecule has 0 atom stereocenters. The first kappa shape index (κ1) is 33.7. The summed E-state index contributed by atoms with van der Waals surface area (Å²) in [4.78, 5) is 77.4. The molecule has 1 fully saturated rings. The van der Waals surface area contributed by atoms with Crippen LogP contribution in [0.5, 0.6) is 0 Å². The molecule has 0 radical (unpaired) electrons.